The number of thiocarbonyl (C=S) groups is 1. The number of nitrogens with one attached hydrogen (secondary N) is 1. The van der Waals surface area contributed by atoms with Gasteiger partial charge in [0.2, 0.25) is 0 Å². The summed E-state index contributed by atoms with van der Waals surface area (Å²) in [7, 11) is 0. The van der Waals surface area contributed by atoms with E-state index in [-0.39, 0.29) is 0 Å². The second kappa shape index (κ2) is 7.03. The summed E-state index contributed by atoms with van der Waals surface area (Å²) in [6, 6.07) is 9.38. The zero-order valence-corrected chi connectivity index (χ0v) is 13.3. The minimum Gasteiger partial charge on any atom is -0.352 e. The first-order valence-corrected chi connectivity index (χ1v) is 7.74. The van der Waals surface area contributed by atoms with E-state index in [1.165, 1.54) is 0 Å². The molecule has 2 aromatic rings. The van der Waals surface area contributed by atoms with Crippen LogP contribution >= 0.6 is 12.2 Å². The molecule has 116 valence electrons. The van der Waals surface area contributed by atoms with Gasteiger partial charge in [-0.2, -0.15) is 5.26 Å². The molecule has 1 fully saturated rings. The lowest BCUT2D eigenvalue weighted by atomic mass is 10.2. The maximum absolute atomic E-state index is 8.81. The predicted molar refractivity (Wildman–Crippen MR) is 93.2 cm³/mol. The molecule has 1 aromatic heterocycles. The molecule has 6 nitrogen and oxygen atoms in total. The van der Waals surface area contributed by atoms with Crippen molar-refractivity contribution in [1.29, 1.82) is 5.26 Å². The van der Waals surface area contributed by atoms with Gasteiger partial charge in [0, 0.05) is 44.3 Å². The number of hydrogen-bond acceptors (Lipinski definition) is 5. The van der Waals surface area contributed by atoms with E-state index in [4.69, 9.17) is 17.5 Å². The lowest BCUT2D eigenvalue weighted by molar-refractivity contribution is 0.389. The maximum Gasteiger partial charge on any atom is 0.173 e. The van der Waals surface area contributed by atoms with Gasteiger partial charge in [-0.05, 0) is 36.5 Å². The molecule has 0 amide bonds. The van der Waals surface area contributed by atoms with Crippen LogP contribution in [0.1, 0.15) is 5.56 Å². The highest BCUT2D eigenvalue weighted by Crippen LogP contribution is 2.14. The summed E-state index contributed by atoms with van der Waals surface area (Å²) >= 11 is 5.48. The average molecular weight is 324 g/mol. The Morgan fingerprint density at radius 3 is 2.48 bits per heavy atom. The molecule has 0 unspecified atom stereocenters. The summed E-state index contributed by atoms with van der Waals surface area (Å²) in [6.07, 6.45) is 5.16. The van der Waals surface area contributed by atoms with Gasteiger partial charge in [-0.3, -0.25) is 4.98 Å². The molecule has 1 saturated heterocycles. The zero-order valence-electron chi connectivity index (χ0n) is 12.5. The van der Waals surface area contributed by atoms with Gasteiger partial charge in [-0.15, -0.1) is 0 Å². The molecule has 1 aromatic carbocycles. The van der Waals surface area contributed by atoms with Gasteiger partial charge in [0.15, 0.2) is 5.11 Å². The minimum atomic E-state index is 0.638. The van der Waals surface area contributed by atoms with Crippen LogP contribution in [0.3, 0.4) is 0 Å². The molecule has 0 radical (unpaired) electrons. The highest BCUT2D eigenvalue weighted by atomic mass is 32.1. The monoisotopic (exact) mass is 324 g/mol. The van der Waals surface area contributed by atoms with Crippen LogP contribution in [0.2, 0.25) is 0 Å². The van der Waals surface area contributed by atoms with Crippen molar-refractivity contribution in [3.05, 3.63) is 48.4 Å². The normalized spacial score (nSPS) is 14.2. The van der Waals surface area contributed by atoms with Crippen molar-refractivity contribution in [2.24, 2.45) is 0 Å². The third-order valence-corrected chi connectivity index (χ3v) is 4.07. The van der Waals surface area contributed by atoms with E-state index in [2.05, 4.69) is 31.2 Å². The van der Waals surface area contributed by atoms with Crippen LogP contribution in [0.15, 0.2) is 42.9 Å². The van der Waals surface area contributed by atoms with Gasteiger partial charge >= 0.3 is 0 Å². The van der Waals surface area contributed by atoms with Gasteiger partial charge in [0.1, 0.15) is 5.82 Å². The van der Waals surface area contributed by atoms with Crippen molar-refractivity contribution >= 4 is 28.8 Å². The molecule has 23 heavy (non-hydrogen) atoms. The lowest BCUT2D eigenvalue weighted by Gasteiger charge is -2.36. The molecule has 0 saturated carbocycles. The van der Waals surface area contributed by atoms with E-state index < -0.39 is 0 Å². The number of anilines is 2. The number of rotatable bonds is 2. The smallest absolute Gasteiger partial charge is 0.173 e. The van der Waals surface area contributed by atoms with Gasteiger partial charge in [0.05, 0.1) is 17.8 Å². The standard InChI is InChI=1S/C16H16N6S/c17-11-13-1-3-14(4-2-13)20-16(23)22-9-7-21(8-10-22)15-12-18-5-6-19-15/h1-6,12H,7-10H2,(H,20,23). The Morgan fingerprint density at radius 1 is 1.13 bits per heavy atom. The van der Waals surface area contributed by atoms with Gasteiger partial charge in [-0.1, -0.05) is 0 Å². The SMILES string of the molecule is N#Cc1ccc(NC(=S)N2CCN(c3cnccn3)CC2)cc1. The van der Waals surface area contributed by atoms with E-state index in [1.54, 1.807) is 30.7 Å². The number of hydrogen-bond donors (Lipinski definition) is 1. The quantitative estimate of drug-likeness (QED) is 0.846. The van der Waals surface area contributed by atoms with Crippen molar-refractivity contribution < 1.29 is 0 Å². The number of nitriles is 1. The molecular weight excluding hydrogens is 308 g/mol. The van der Waals surface area contributed by atoms with Crippen molar-refractivity contribution in [1.82, 2.24) is 14.9 Å². The first kappa shape index (κ1) is 15.2. The van der Waals surface area contributed by atoms with Crippen LogP contribution in [-0.2, 0) is 0 Å². The summed E-state index contributed by atoms with van der Waals surface area (Å²) in [4.78, 5) is 12.8. The predicted octanol–water partition coefficient (Wildman–Crippen LogP) is 1.87. The van der Waals surface area contributed by atoms with Gasteiger partial charge < -0.3 is 15.1 Å². The molecule has 0 aliphatic carbocycles. The maximum atomic E-state index is 8.81. The number of aromatic nitrogens is 2. The Labute approximate surface area is 140 Å². The molecule has 3 rings (SSSR count). The molecule has 1 N–H and O–H groups in total. The molecule has 7 heteroatoms. The van der Waals surface area contributed by atoms with Gasteiger partial charge in [-0.25, -0.2) is 4.98 Å². The summed E-state index contributed by atoms with van der Waals surface area (Å²) in [5, 5.41) is 12.7. The number of nitrogens with zero attached hydrogens (tertiary/aromatic N) is 5. The molecule has 2 heterocycles. The lowest BCUT2D eigenvalue weighted by Crippen LogP contribution is -2.50. The second-order valence-corrected chi connectivity index (χ2v) is 5.54. The largest absolute Gasteiger partial charge is 0.352 e. The van der Waals surface area contributed by atoms with Crippen LogP contribution in [0, 0.1) is 11.3 Å². The topological polar surface area (TPSA) is 68.1 Å². The van der Waals surface area contributed by atoms with Crippen LogP contribution in [0.4, 0.5) is 11.5 Å². The van der Waals surface area contributed by atoms with Crippen molar-refractivity contribution in [2.75, 3.05) is 36.4 Å². The van der Waals surface area contributed by atoms with Crippen molar-refractivity contribution in [3.8, 4) is 6.07 Å². The van der Waals surface area contributed by atoms with Crippen LogP contribution in [-0.4, -0.2) is 46.2 Å². The minimum absolute atomic E-state index is 0.638. The van der Waals surface area contributed by atoms with E-state index >= 15 is 0 Å². The zero-order chi connectivity index (χ0) is 16.1. The molecule has 0 spiro atoms. The van der Waals surface area contributed by atoms with Crippen LogP contribution in [0.25, 0.3) is 0 Å². The Balaban J connectivity index is 1.55. The molecule has 1 aliphatic heterocycles. The summed E-state index contributed by atoms with van der Waals surface area (Å²) in [5.41, 5.74) is 1.53. The fraction of sp³-hybridized carbons (Fsp3) is 0.250. The average Bonchev–Trinajstić information content (AvgIpc) is 2.63. The third-order valence-electron chi connectivity index (χ3n) is 3.71. The first-order valence-electron chi connectivity index (χ1n) is 7.33. The molecule has 0 bridgehead atoms. The summed E-state index contributed by atoms with van der Waals surface area (Å²) in [6.45, 7) is 3.37. The van der Waals surface area contributed by atoms with Crippen LogP contribution < -0.4 is 10.2 Å². The van der Waals surface area contributed by atoms with E-state index in [1.807, 2.05) is 12.1 Å². The highest BCUT2D eigenvalue weighted by molar-refractivity contribution is 7.80. The van der Waals surface area contributed by atoms with E-state index in [9.17, 15) is 0 Å². The van der Waals surface area contributed by atoms with Crippen molar-refractivity contribution in [2.45, 2.75) is 0 Å². The van der Waals surface area contributed by atoms with Gasteiger partial charge in [0.25, 0.3) is 0 Å². The number of piperazine rings is 1. The Kier molecular flexibility index (Phi) is 4.64. The van der Waals surface area contributed by atoms with Crippen molar-refractivity contribution in [3.63, 3.8) is 0 Å². The second-order valence-electron chi connectivity index (χ2n) is 5.16. The van der Waals surface area contributed by atoms with Crippen LogP contribution in [0.5, 0.6) is 0 Å². The molecule has 1 aliphatic rings. The van der Waals surface area contributed by atoms with E-state index in [0.717, 1.165) is 37.7 Å². The molecular formula is C16H16N6S. The number of benzene rings is 1. The summed E-state index contributed by atoms with van der Waals surface area (Å²) in [5.74, 6) is 0.901. The fourth-order valence-corrected chi connectivity index (χ4v) is 2.72. The van der Waals surface area contributed by atoms with E-state index in [0.29, 0.717) is 10.7 Å². The Hall–Kier alpha value is -2.72. The fourth-order valence-electron chi connectivity index (χ4n) is 2.42. The first-order chi connectivity index (χ1) is 11.3. The highest BCUT2D eigenvalue weighted by Gasteiger charge is 2.19. The third kappa shape index (κ3) is 3.73. The molecule has 0 atom stereocenters. The Bertz CT molecular complexity index is 702. The Morgan fingerprint density at radius 2 is 1.87 bits per heavy atom. The summed E-state index contributed by atoms with van der Waals surface area (Å²) < 4.78 is 0.